The molecule has 0 aliphatic carbocycles. The van der Waals surface area contributed by atoms with Crippen molar-refractivity contribution in [2.24, 2.45) is 0 Å². The molecular formula is C22H18N2O3S. The Morgan fingerprint density at radius 3 is 2.50 bits per heavy atom. The Morgan fingerprint density at radius 1 is 1.14 bits per heavy atom. The van der Waals surface area contributed by atoms with Gasteiger partial charge >= 0.3 is 5.97 Å². The van der Waals surface area contributed by atoms with Crippen LogP contribution in [0.3, 0.4) is 0 Å². The summed E-state index contributed by atoms with van der Waals surface area (Å²) in [4.78, 5) is 30.2. The molecule has 4 rings (SSSR count). The van der Waals surface area contributed by atoms with Gasteiger partial charge < -0.3 is 5.11 Å². The van der Waals surface area contributed by atoms with Crippen molar-refractivity contribution < 1.29 is 9.90 Å². The predicted octanol–water partition coefficient (Wildman–Crippen LogP) is 4.36. The summed E-state index contributed by atoms with van der Waals surface area (Å²) in [5.41, 5.74) is 3.10. The maximum Gasteiger partial charge on any atom is 0.331 e. The lowest BCUT2D eigenvalue weighted by atomic mass is 10.0. The Labute approximate surface area is 165 Å². The van der Waals surface area contributed by atoms with Gasteiger partial charge in [-0.3, -0.25) is 9.36 Å². The number of rotatable bonds is 5. The van der Waals surface area contributed by atoms with Crippen LogP contribution < -0.4 is 5.56 Å². The number of carboxylic acid groups (broad SMARTS) is 1. The number of carbonyl (C=O) groups is 1. The van der Waals surface area contributed by atoms with Gasteiger partial charge in [0.1, 0.15) is 11.2 Å². The molecule has 0 fully saturated rings. The average Bonchev–Trinajstić information content (AvgIpc) is 3.15. The maximum atomic E-state index is 13.3. The molecule has 4 aromatic rings. The second-order valence-electron chi connectivity index (χ2n) is 6.49. The Morgan fingerprint density at radius 2 is 1.86 bits per heavy atom. The van der Waals surface area contributed by atoms with E-state index in [-0.39, 0.29) is 5.56 Å². The summed E-state index contributed by atoms with van der Waals surface area (Å²) in [6, 6.07) is 15.7. The Hall–Kier alpha value is -3.25. The maximum absolute atomic E-state index is 13.3. The van der Waals surface area contributed by atoms with Gasteiger partial charge in [0.25, 0.3) is 5.56 Å². The van der Waals surface area contributed by atoms with Crippen LogP contribution in [0, 0.1) is 0 Å². The molecule has 0 saturated heterocycles. The van der Waals surface area contributed by atoms with Gasteiger partial charge in [0.2, 0.25) is 0 Å². The van der Waals surface area contributed by atoms with Gasteiger partial charge in [-0.25, -0.2) is 9.78 Å². The van der Waals surface area contributed by atoms with E-state index in [0.29, 0.717) is 15.8 Å². The van der Waals surface area contributed by atoms with E-state index in [1.165, 1.54) is 27.8 Å². The topological polar surface area (TPSA) is 72.2 Å². The second-order valence-corrected chi connectivity index (χ2v) is 7.35. The lowest BCUT2D eigenvalue weighted by Gasteiger charge is -2.15. The number of thiophene rings is 1. The van der Waals surface area contributed by atoms with Crippen LogP contribution in [-0.2, 0) is 11.2 Å². The minimum Gasteiger partial charge on any atom is -0.479 e. The van der Waals surface area contributed by atoms with E-state index in [9.17, 15) is 14.7 Å². The predicted molar refractivity (Wildman–Crippen MR) is 111 cm³/mol. The number of hydrogen-bond donors (Lipinski definition) is 1. The number of benzene rings is 2. The molecule has 0 aliphatic heterocycles. The van der Waals surface area contributed by atoms with Gasteiger partial charge in [-0.2, -0.15) is 0 Å². The minimum absolute atomic E-state index is 0.350. The summed E-state index contributed by atoms with van der Waals surface area (Å²) in [7, 11) is 0. The summed E-state index contributed by atoms with van der Waals surface area (Å²) >= 11 is 1.39. The van der Waals surface area contributed by atoms with Crippen LogP contribution in [0.5, 0.6) is 0 Å². The minimum atomic E-state index is -1.12. The zero-order chi connectivity index (χ0) is 19.7. The van der Waals surface area contributed by atoms with Crippen LogP contribution >= 0.6 is 11.3 Å². The number of carboxylic acids is 1. The molecular weight excluding hydrogens is 372 g/mol. The van der Waals surface area contributed by atoms with E-state index in [2.05, 4.69) is 11.9 Å². The molecule has 1 unspecified atom stereocenters. The van der Waals surface area contributed by atoms with E-state index >= 15 is 0 Å². The molecule has 6 heteroatoms. The molecule has 0 amide bonds. The zero-order valence-corrected chi connectivity index (χ0v) is 16.0. The molecule has 2 aromatic heterocycles. The van der Waals surface area contributed by atoms with Gasteiger partial charge in [-0.15, -0.1) is 11.3 Å². The third-order valence-corrected chi connectivity index (χ3v) is 5.71. The Bertz CT molecular complexity index is 1190. The fourth-order valence-electron chi connectivity index (χ4n) is 3.32. The first kappa shape index (κ1) is 18.1. The van der Waals surface area contributed by atoms with Crippen molar-refractivity contribution in [1.29, 1.82) is 0 Å². The van der Waals surface area contributed by atoms with E-state index in [4.69, 9.17) is 0 Å². The molecule has 28 heavy (non-hydrogen) atoms. The number of aromatic nitrogens is 2. The van der Waals surface area contributed by atoms with Crippen LogP contribution in [0.2, 0.25) is 0 Å². The van der Waals surface area contributed by atoms with E-state index < -0.39 is 12.0 Å². The van der Waals surface area contributed by atoms with Crippen molar-refractivity contribution in [1.82, 2.24) is 9.55 Å². The van der Waals surface area contributed by atoms with Gasteiger partial charge in [0.05, 0.1) is 5.39 Å². The van der Waals surface area contributed by atoms with Crippen LogP contribution in [0.15, 0.2) is 71.1 Å². The van der Waals surface area contributed by atoms with E-state index in [0.717, 1.165) is 17.5 Å². The molecule has 0 aliphatic rings. The Kier molecular flexibility index (Phi) is 4.79. The fraction of sp³-hybridized carbons (Fsp3) is 0.136. The molecule has 1 N–H and O–H groups in total. The van der Waals surface area contributed by atoms with Gasteiger partial charge in [0, 0.05) is 10.9 Å². The van der Waals surface area contributed by atoms with E-state index in [1.54, 1.807) is 24.3 Å². The van der Waals surface area contributed by atoms with Crippen LogP contribution in [-0.4, -0.2) is 20.6 Å². The second kappa shape index (κ2) is 7.40. The molecule has 2 aromatic carbocycles. The molecule has 0 spiro atoms. The summed E-state index contributed by atoms with van der Waals surface area (Å²) < 4.78 is 1.20. The van der Waals surface area contributed by atoms with Gasteiger partial charge in [0.15, 0.2) is 6.04 Å². The number of fused-ring (bicyclic) bond motifs is 1. The lowest BCUT2D eigenvalue weighted by molar-refractivity contribution is -0.139. The van der Waals surface area contributed by atoms with E-state index in [1.807, 2.05) is 35.7 Å². The largest absolute Gasteiger partial charge is 0.479 e. The van der Waals surface area contributed by atoms with Crippen LogP contribution in [0.1, 0.15) is 24.1 Å². The lowest BCUT2D eigenvalue weighted by Crippen LogP contribution is -2.30. The number of hydrogen-bond acceptors (Lipinski definition) is 4. The normalized spacial score (nSPS) is 12.2. The SMILES string of the molecule is CCc1ccc(-c2csc3ncn(C(C(=O)O)c4ccccc4)c(=O)c23)cc1. The van der Waals surface area contributed by atoms with Crippen molar-refractivity contribution in [3.8, 4) is 11.1 Å². The molecule has 5 nitrogen and oxygen atoms in total. The smallest absolute Gasteiger partial charge is 0.331 e. The number of aliphatic carboxylic acids is 1. The van der Waals surface area contributed by atoms with Crippen LogP contribution in [0.4, 0.5) is 0 Å². The highest BCUT2D eigenvalue weighted by Gasteiger charge is 2.25. The summed E-state index contributed by atoms with van der Waals surface area (Å²) in [5, 5.41) is 12.1. The quantitative estimate of drug-likeness (QED) is 0.549. The Balaban J connectivity index is 1.91. The van der Waals surface area contributed by atoms with Crippen molar-refractivity contribution in [3.05, 3.63) is 87.8 Å². The van der Waals surface area contributed by atoms with Crippen LogP contribution in [0.25, 0.3) is 21.3 Å². The monoisotopic (exact) mass is 390 g/mol. The summed E-state index contributed by atoms with van der Waals surface area (Å²) in [5.74, 6) is -1.10. The number of aryl methyl sites for hydroxylation is 1. The first-order valence-electron chi connectivity index (χ1n) is 8.95. The summed E-state index contributed by atoms with van der Waals surface area (Å²) in [6.07, 6.45) is 2.27. The molecule has 140 valence electrons. The zero-order valence-electron chi connectivity index (χ0n) is 15.2. The number of nitrogens with zero attached hydrogens (tertiary/aromatic N) is 2. The van der Waals surface area contributed by atoms with Gasteiger partial charge in [-0.1, -0.05) is 61.5 Å². The van der Waals surface area contributed by atoms with Crippen molar-refractivity contribution in [3.63, 3.8) is 0 Å². The highest BCUT2D eigenvalue weighted by molar-refractivity contribution is 7.17. The molecule has 0 bridgehead atoms. The summed E-state index contributed by atoms with van der Waals surface area (Å²) in [6.45, 7) is 2.09. The standard InChI is InChI=1S/C22H18N2O3S/c1-2-14-8-10-15(11-9-14)17-12-28-20-18(17)21(25)24(13-23-20)19(22(26)27)16-6-4-3-5-7-16/h3-13,19H,2H2,1H3,(H,26,27). The first-order chi connectivity index (χ1) is 13.6. The van der Waals surface area contributed by atoms with Crippen molar-refractivity contribution in [2.45, 2.75) is 19.4 Å². The first-order valence-corrected chi connectivity index (χ1v) is 9.83. The molecule has 0 saturated carbocycles. The highest BCUT2D eigenvalue weighted by atomic mass is 32.1. The average molecular weight is 390 g/mol. The third kappa shape index (κ3) is 3.12. The van der Waals surface area contributed by atoms with Crippen molar-refractivity contribution >= 4 is 27.5 Å². The highest BCUT2D eigenvalue weighted by Crippen LogP contribution is 2.31. The molecule has 1 atom stereocenters. The van der Waals surface area contributed by atoms with Crippen molar-refractivity contribution in [2.75, 3.05) is 0 Å². The van der Waals surface area contributed by atoms with Gasteiger partial charge in [-0.05, 0) is 23.1 Å². The molecule has 0 radical (unpaired) electrons. The molecule has 2 heterocycles. The third-order valence-electron chi connectivity index (χ3n) is 4.82. The fourth-order valence-corrected chi connectivity index (χ4v) is 4.23.